The largest absolute Gasteiger partial charge is 0.493 e. The summed E-state index contributed by atoms with van der Waals surface area (Å²) in [7, 11) is 0. The van der Waals surface area contributed by atoms with Gasteiger partial charge in [-0.25, -0.2) is 0 Å². The van der Waals surface area contributed by atoms with E-state index in [1.165, 1.54) is 0 Å². The van der Waals surface area contributed by atoms with Crippen LogP contribution in [-0.4, -0.2) is 12.4 Å². The molecule has 0 saturated heterocycles. The molecule has 1 aromatic carbocycles. The van der Waals surface area contributed by atoms with Crippen molar-refractivity contribution in [2.24, 2.45) is 0 Å². The molecule has 0 atom stereocenters. The molecule has 1 aromatic rings. The number of aryl methyl sites for hydroxylation is 1. The summed E-state index contributed by atoms with van der Waals surface area (Å²) in [5, 5.41) is 0.802. The van der Waals surface area contributed by atoms with Crippen molar-refractivity contribution in [2.75, 3.05) is 6.61 Å². The Morgan fingerprint density at radius 1 is 1.32 bits per heavy atom. The first-order valence-electron chi connectivity index (χ1n) is 6.84. The summed E-state index contributed by atoms with van der Waals surface area (Å²) in [5.74, 6) is 1.52. The minimum Gasteiger partial charge on any atom is -0.493 e. The Labute approximate surface area is 121 Å². The molecule has 0 N–H and O–H groups in total. The number of rotatable bonds is 7. The van der Waals surface area contributed by atoms with Crippen LogP contribution in [0.1, 0.15) is 57.1 Å². The number of carbonyl (C=O) groups is 1. The third-order valence-corrected chi connectivity index (χ3v) is 3.42. The molecular formula is C16H23ClO2. The highest BCUT2D eigenvalue weighted by atomic mass is 35.5. The molecule has 0 bridgehead atoms. The van der Waals surface area contributed by atoms with Crippen LogP contribution in [-0.2, 0) is 4.79 Å². The summed E-state index contributed by atoms with van der Waals surface area (Å²) in [4.78, 5) is 10.8. The second kappa shape index (κ2) is 7.54. The van der Waals surface area contributed by atoms with Gasteiger partial charge in [0.2, 0.25) is 0 Å². The Kier molecular flexibility index (Phi) is 6.36. The fourth-order valence-electron chi connectivity index (χ4n) is 1.92. The number of ketones is 1. The molecule has 0 amide bonds. The van der Waals surface area contributed by atoms with Gasteiger partial charge in [0.15, 0.2) is 0 Å². The summed E-state index contributed by atoms with van der Waals surface area (Å²) in [6.45, 7) is 8.51. The summed E-state index contributed by atoms with van der Waals surface area (Å²) in [6.07, 6.45) is 2.43. The van der Waals surface area contributed by atoms with E-state index in [-0.39, 0.29) is 5.78 Å². The van der Waals surface area contributed by atoms with Crippen LogP contribution in [0.15, 0.2) is 12.1 Å². The molecule has 0 fully saturated rings. The number of Topliss-reactive ketones (excluding diaryl/α,β-unsaturated/α-hetero) is 1. The van der Waals surface area contributed by atoms with Gasteiger partial charge in [-0.15, -0.1) is 0 Å². The Bertz CT molecular complexity index is 439. The van der Waals surface area contributed by atoms with Crippen LogP contribution in [0.5, 0.6) is 5.75 Å². The lowest BCUT2D eigenvalue weighted by Crippen LogP contribution is -2.02. The van der Waals surface area contributed by atoms with Gasteiger partial charge in [-0.1, -0.05) is 25.4 Å². The zero-order valence-corrected chi connectivity index (χ0v) is 13.0. The highest BCUT2D eigenvalue weighted by Crippen LogP contribution is 2.31. The highest BCUT2D eigenvalue weighted by Gasteiger charge is 2.10. The molecule has 106 valence electrons. The van der Waals surface area contributed by atoms with Crippen molar-refractivity contribution in [1.29, 1.82) is 0 Å². The molecule has 0 aliphatic carbocycles. The molecule has 0 aliphatic rings. The highest BCUT2D eigenvalue weighted by molar-refractivity contribution is 6.31. The number of unbranched alkanes of at least 4 members (excludes halogenated alkanes) is 1. The molecule has 0 aliphatic heterocycles. The average molecular weight is 283 g/mol. The maximum Gasteiger partial charge on any atom is 0.129 e. The predicted molar refractivity (Wildman–Crippen MR) is 80.3 cm³/mol. The Morgan fingerprint density at radius 3 is 2.58 bits per heavy atom. The molecule has 0 unspecified atom stereocenters. The predicted octanol–water partition coefficient (Wildman–Crippen LogP) is 4.91. The van der Waals surface area contributed by atoms with Crippen molar-refractivity contribution >= 4 is 17.4 Å². The van der Waals surface area contributed by atoms with E-state index in [2.05, 4.69) is 13.8 Å². The van der Waals surface area contributed by atoms with Gasteiger partial charge in [0.25, 0.3) is 0 Å². The van der Waals surface area contributed by atoms with Gasteiger partial charge in [-0.3, -0.25) is 0 Å². The third-order valence-electron chi connectivity index (χ3n) is 3.10. The first-order valence-corrected chi connectivity index (χ1v) is 7.22. The van der Waals surface area contributed by atoms with Gasteiger partial charge in [-0.2, -0.15) is 0 Å². The first-order chi connectivity index (χ1) is 8.91. The minimum absolute atomic E-state index is 0.241. The Hall–Kier alpha value is -1.02. The zero-order valence-electron chi connectivity index (χ0n) is 12.3. The molecule has 0 heterocycles. The minimum atomic E-state index is 0.241. The topological polar surface area (TPSA) is 26.3 Å². The quantitative estimate of drug-likeness (QED) is 0.664. The fraction of sp³-hybridized carbons (Fsp3) is 0.562. The average Bonchev–Trinajstić information content (AvgIpc) is 2.30. The van der Waals surface area contributed by atoms with Crippen LogP contribution in [0.2, 0.25) is 5.02 Å². The van der Waals surface area contributed by atoms with E-state index in [0.29, 0.717) is 18.9 Å². The maximum absolute atomic E-state index is 10.8. The number of benzene rings is 1. The van der Waals surface area contributed by atoms with Crippen LogP contribution in [0, 0.1) is 6.92 Å². The second-order valence-corrected chi connectivity index (χ2v) is 5.71. The standard InChI is InChI=1S/C16H23ClO2/c1-11(2)14-10-16(12(3)9-15(14)17)19-8-6-5-7-13(4)18/h9-11H,5-8H2,1-4H3. The summed E-state index contributed by atoms with van der Waals surface area (Å²) in [6, 6.07) is 4.00. The van der Waals surface area contributed by atoms with Gasteiger partial charge < -0.3 is 9.53 Å². The van der Waals surface area contributed by atoms with E-state index < -0.39 is 0 Å². The monoisotopic (exact) mass is 282 g/mol. The van der Waals surface area contributed by atoms with Gasteiger partial charge in [0.05, 0.1) is 6.61 Å². The SMILES string of the molecule is CC(=O)CCCCOc1cc(C(C)C)c(Cl)cc1C. The molecule has 0 spiro atoms. The van der Waals surface area contributed by atoms with Crippen molar-refractivity contribution in [2.45, 2.75) is 52.9 Å². The maximum atomic E-state index is 10.8. The van der Waals surface area contributed by atoms with Crippen LogP contribution < -0.4 is 4.74 Å². The summed E-state index contributed by atoms with van der Waals surface area (Å²) in [5.41, 5.74) is 2.17. The van der Waals surface area contributed by atoms with E-state index >= 15 is 0 Å². The van der Waals surface area contributed by atoms with Crippen LogP contribution >= 0.6 is 11.6 Å². The number of hydrogen-bond acceptors (Lipinski definition) is 2. The zero-order chi connectivity index (χ0) is 14.4. The van der Waals surface area contributed by atoms with Crippen LogP contribution in [0.3, 0.4) is 0 Å². The van der Waals surface area contributed by atoms with Crippen molar-refractivity contribution < 1.29 is 9.53 Å². The van der Waals surface area contributed by atoms with Gasteiger partial charge in [0.1, 0.15) is 11.5 Å². The van der Waals surface area contributed by atoms with E-state index in [1.807, 2.05) is 19.1 Å². The molecule has 2 nitrogen and oxygen atoms in total. The Balaban J connectivity index is 2.58. The fourth-order valence-corrected chi connectivity index (χ4v) is 2.36. The molecular weight excluding hydrogens is 260 g/mol. The normalized spacial score (nSPS) is 10.8. The van der Waals surface area contributed by atoms with E-state index in [1.54, 1.807) is 6.92 Å². The third kappa shape index (κ3) is 5.23. The molecule has 19 heavy (non-hydrogen) atoms. The molecule has 3 heteroatoms. The summed E-state index contributed by atoms with van der Waals surface area (Å²) >= 11 is 6.22. The molecule has 0 saturated carbocycles. The number of carbonyl (C=O) groups excluding carboxylic acids is 1. The van der Waals surface area contributed by atoms with Crippen LogP contribution in [0.4, 0.5) is 0 Å². The number of ether oxygens (including phenoxy) is 1. The lowest BCUT2D eigenvalue weighted by atomic mass is 10.0. The molecule has 0 radical (unpaired) electrons. The first kappa shape index (κ1) is 16.0. The molecule has 1 rings (SSSR count). The van der Waals surface area contributed by atoms with E-state index in [9.17, 15) is 4.79 Å². The van der Waals surface area contributed by atoms with Crippen molar-refractivity contribution in [3.8, 4) is 5.75 Å². The van der Waals surface area contributed by atoms with Crippen molar-refractivity contribution in [1.82, 2.24) is 0 Å². The van der Waals surface area contributed by atoms with Crippen LogP contribution in [0.25, 0.3) is 0 Å². The lowest BCUT2D eigenvalue weighted by Gasteiger charge is -2.14. The number of halogens is 1. The summed E-state index contributed by atoms with van der Waals surface area (Å²) < 4.78 is 5.79. The lowest BCUT2D eigenvalue weighted by molar-refractivity contribution is -0.117. The number of hydrogen-bond donors (Lipinski definition) is 0. The van der Waals surface area contributed by atoms with Crippen molar-refractivity contribution in [3.63, 3.8) is 0 Å². The van der Waals surface area contributed by atoms with Gasteiger partial charge in [-0.05, 0) is 55.9 Å². The Morgan fingerprint density at radius 2 is 2.00 bits per heavy atom. The van der Waals surface area contributed by atoms with E-state index in [0.717, 1.165) is 34.7 Å². The van der Waals surface area contributed by atoms with Gasteiger partial charge >= 0.3 is 0 Å². The molecule has 0 aromatic heterocycles. The van der Waals surface area contributed by atoms with Gasteiger partial charge in [0, 0.05) is 11.4 Å². The van der Waals surface area contributed by atoms with E-state index in [4.69, 9.17) is 16.3 Å². The smallest absolute Gasteiger partial charge is 0.129 e. The van der Waals surface area contributed by atoms with Crippen molar-refractivity contribution in [3.05, 3.63) is 28.3 Å². The second-order valence-electron chi connectivity index (χ2n) is 5.30.